The number of carbonyl (C=O) groups is 2. The Balaban J connectivity index is 1.72. The highest BCUT2D eigenvalue weighted by atomic mass is 16.5. The first-order chi connectivity index (χ1) is 11.2. The van der Waals surface area contributed by atoms with E-state index in [0.717, 1.165) is 24.8 Å². The first-order valence-electron chi connectivity index (χ1n) is 7.58. The summed E-state index contributed by atoms with van der Waals surface area (Å²) in [4.78, 5) is 22.9. The van der Waals surface area contributed by atoms with Crippen LogP contribution in [-0.4, -0.2) is 30.7 Å². The lowest BCUT2D eigenvalue weighted by Gasteiger charge is -2.02. The number of nitrogens with zero attached hydrogens (tertiary/aromatic N) is 1. The SMILES string of the molecule is COC(=O)CCCCCNC(=O)c1cc(-c2ccccc2)on1. The summed E-state index contributed by atoms with van der Waals surface area (Å²) in [6.07, 6.45) is 2.81. The van der Waals surface area contributed by atoms with Gasteiger partial charge < -0.3 is 14.6 Å². The highest BCUT2D eigenvalue weighted by Gasteiger charge is 2.12. The number of benzene rings is 1. The monoisotopic (exact) mass is 316 g/mol. The minimum atomic E-state index is -0.260. The summed E-state index contributed by atoms with van der Waals surface area (Å²) in [5, 5.41) is 6.58. The molecule has 0 saturated carbocycles. The summed E-state index contributed by atoms with van der Waals surface area (Å²) in [7, 11) is 1.38. The van der Waals surface area contributed by atoms with Gasteiger partial charge in [0, 0.05) is 24.6 Å². The maximum absolute atomic E-state index is 12.0. The minimum Gasteiger partial charge on any atom is -0.469 e. The molecule has 1 aromatic carbocycles. The van der Waals surface area contributed by atoms with Gasteiger partial charge in [0.05, 0.1) is 7.11 Å². The molecule has 122 valence electrons. The number of hydrogen-bond donors (Lipinski definition) is 1. The molecule has 0 bridgehead atoms. The second-order valence-electron chi connectivity index (χ2n) is 5.09. The van der Waals surface area contributed by atoms with Gasteiger partial charge in [0.1, 0.15) is 0 Å². The van der Waals surface area contributed by atoms with Gasteiger partial charge in [-0.1, -0.05) is 41.9 Å². The standard InChI is InChI=1S/C17H20N2O4/c1-22-16(20)10-6-3-7-11-18-17(21)14-12-15(23-19-14)13-8-4-2-5-9-13/h2,4-5,8-9,12H,3,6-7,10-11H2,1H3,(H,18,21). The van der Waals surface area contributed by atoms with Crippen LogP contribution in [0.2, 0.25) is 0 Å². The number of hydrogen-bond acceptors (Lipinski definition) is 5. The van der Waals surface area contributed by atoms with Crippen molar-refractivity contribution < 1.29 is 18.8 Å². The van der Waals surface area contributed by atoms with Crippen LogP contribution < -0.4 is 5.32 Å². The first kappa shape index (κ1) is 16.7. The Labute approximate surface area is 134 Å². The second-order valence-corrected chi connectivity index (χ2v) is 5.09. The molecule has 1 amide bonds. The van der Waals surface area contributed by atoms with Crippen LogP contribution in [0.1, 0.15) is 36.2 Å². The number of esters is 1. The average Bonchev–Trinajstić information content (AvgIpc) is 3.08. The lowest BCUT2D eigenvalue weighted by atomic mass is 10.1. The number of aromatic nitrogens is 1. The van der Waals surface area contributed by atoms with Crippen LogP contribution in [0.3, 0.4) is 0 Å². The van der Waals surface area contributed by atoms with Crippen LogP contribution in [0.4, 0.5) is 0 Å². The molecule has 0 fully saturated rings. The molecule has 0 unspecified atom stereocenters. The molecule has 0 aliphatic heterocycles. The molecule has 6 nitrogen and oxygen atoms in total. The fraction of sp³-hybridized carbons (Fsp3) is 0.353. The van der Waals surface area contributed by atoms with Crippen molar-refractivity contribution in [2.24, 2.45) is 0 Å². The molecule has 1 N–H and O–H groups in total. The quantitative estimate of drug-likeness (QED) is 0.598. The van der Waals surface area contributed by atoms with E-state index in [1.54, 1.807) is 6.07 Å². The van der Waals surface area contributed by atoms with Gasteiger partial charge in [0.15, 0.2) is 11.5 Å². The molecule has 0 atom stereocenters. The van der Waals surface area contributed by atoms with Crippen LogP contribution in [0.25, 0.3) is 11.3 Å². The lowest BCUT2D eigenvalue weighted by Crippen LogP contribution is -2.24. The molecule has 0 spiro atoms. The number of carbonyl (C=O) groups excluding carboxylic acids is 2. The predicted molar refractivity (Wildman–Crippen MR) is 84.8 cm³/mol. The van der Waals surface area contributed by atoms with E-state index in [-0.39, 0.29) is 17.6 Å². The van der Waals surface area contributed by atoms with E-state index in [9.17, 15) is 9.59 Å². The van der Waals surface area contributed by atoms with Crippen molar-refractivity contribution >= 4 is 11.9 Å². The summed E-state index contributed by atoms with van der Waals surface area (Å²) < 4.78 is 9.76. The molecule has 2 aromatic rings. The number of amides is 1. The Morgan fingerprint density at radius 1 is 1.17 bits per heavy atom. The highest BCUT2D eigenvalue weighted by molar-refractivity contribution is 5.93. The van der Waals surface area contributed by atoms with E-state index in [1.807, 2.05) is 30.3 Å². The van der Waals surface area contributed by atoms with Crippen molar-refractivity contribution in [1.82, 2.24) is 10.5 Å². The van der Waals surface area contributed by atoms with E-state index >= 15 is 0 Å². The van der Waals surface area contributed by atoms with E-state index in [2.05, 4.69) is 15.2 Å². The summed E-state index contributed by atoms with van der Waals surface area (Å²) >= 11 is 0. The van der Waals surface area contributed by atoms with Crippen molar-refractivity contribution in [2.45, 2.75) is 25.7 Å². The molecule has 1 aromatic heterocycles. The van der Waals surface area contributed by atoms with Gasteiger partial charge in [0.25, 0.3) is 5.91 Å². The zero-order chi connectivity index (χ0) is 16.5. The van der Waals surface area contributed by atoms with Crippen molar-refractivity contribution in [3.8, 4) is 11.3 Å². The second kappa shape index (κ2) is 8.73. The summed E-state index contributed by atoms with van der Waals surface area (Å²) in [5.74, 6) is 0.0998. The Kier molecular flexibility index (Phi) is 6.35. The number of rotatable bonds is 8. The maximum Gasteiger partial charge on any atom is 0.305 e. The third-order valence-electron chi connectivity index (χ3n) is 3.37. The fourth-order valence-corrected chi connectivity index (χ4v) is 2.09. The number of ether oxygens (including phenoxy) is 1. The Bertz CT molecular complexity index is 637. The van der Waals surface area contributed by atoms with E-state index < -0.39 is 0 Å². The van der Waals surface area contributed by atoms with Gasteiger partial charge in [-0.3, -0.25) is 9.59 Å². The first-order valence-corrected chi connectivity index (χ1v) is 7.58. The van der Waals surface area contributed by atoms with Gasteiger partial charge in [-0.15, -0.1) is 0 Å². The Morgan fingerprint density at radius 2 is 1.96 bits per heavy atom. The molecule has 0 saturated heterocycles. The summed E-state index contributed by atoms with van der Waals surface area (Å²) in [5.41, 5.74) is 1.14. The van der Waals surface area contributed by atoms with Crippen molar-refractivity contribution in [3.05, 3.63) is 42.1 Å². The number of unbranched alkanes of at least 4 members (excludes halogenated alkanes) is 2. The predicted octanol–water partition coefficient (Wildman–Crippen LogP) is 2.80. The van der Waals surface area contributed by atoms with E-state index in [4.69, 9.17) is 4.52 Å². The molecular formula is C17H20N2O4. The van der Waals surface area contributed by atoms with Crippen LogP contribution in [0.15, 0.2) is 40.9 Å². The maximum atomic E-state index is 12.0. The molecule has 0 aliphatic carbocycles. The van der Waals surface area contributed by atoms with Gasteiger partial charge >= 0.3 is 5.97 Å². The molecule has 0 aliphatic rings. The topological polar surface area (TPSA) is 81.4 Å². The van der Waals surface area contributed by atoms with Crippen LogP contribution in [0.5, 0.6) is 0 Å². The van der Waals surface area contributed by atoms with Crippen LogP contribution in [0, 0.1) is 0 Å². The Morgan fingerprint density at radius 3 is 2.70 bits per heavy atom. The van der Waals surface area contributed by atoms with Gasteiger partial charge in [-0.05, 0) is 12.8 Å². The molecule has 1 heterocycles. The van der Waals surface area contributed by atoms with E-state index in [1.165, 1.54) is 7.11 Å². The Hall–Kier alpha value is -2.63. The highest BCUT2D eigenvalue weighted by Crippen LogP contribution is 2.19. The zero-order valence-corrected chi connectivity index (χ0v) is 13.1. The summed E-state index contributed by atoms with van der Waals surface area (Å²) in [6, 6.07) is 11.1. The molecule has 6 heteroatoms. The van der Waals surface area contributed by atoms with Crippen LogP contribution >= 0.6 is 0 Å². The number of methoxy groups -OCH3 is 1. The van der Waals surface area contributed by atoms with Gasteiger partial charge in [-0.25, -0.2) is 0 Å². The van der Waals surface area contributed by atoms with Crippen molar-refractivity contribution in [3.63, 3.8) is 0 Å². The van der Waals surface area contributed by atoms with Crippen molar-refractivity contribution in [1.29, 1.82) is 0 Å². The van der Waals surface area contributed by atoms with E-state index in [0.29, 0.717) is 18.7 Å². The summed E-state index contributed by atoms with van der Waals surface area (Å²) in [6.45, 7) is 0.535. The van der Waals surface area contributed by atoms with Gasteiger partial charge in [-0.2, -0.15) is 0 Å². The molecule has 0 radical (unpaired) electrons. The fourth-order valence-electron chi connectivity index (χ4n) is 2.09. The largest absolute Gasteiger partial charge is 0.469 e. The minimum absolute atomic E-state index is 0.204. The van der Waals surface area contributed by atoms with Gasteiger partial charge in [0.2, 0.25) is 0 Å². The van der Waals surface area contributed by atoms with Crippen molar-refractivity contribution in [2.75, 3.05) is 13.7 Å². The molecule has 23 heavy (non-hydrogen) atoms. The smallest absolute Gasteiger partial charge is 0.305 e. The number of nitrogens with one attached hydrogen (secondary N) is 1. The zero-order valence-electron chi connectivity index (χ0n) is 13.1. The normalized spacial score (nSPS) is 10.3. The molecular weight excluding hydrogens is 296 g/mol. The van der Waals surface area contributed by atoms with Crippen LogP contribution in [-0.2, 0) is 9.53 Å². The third-order valence-corrected chi connectivity index (χ3v) is 3.37. The third kappa shape index (κ3) is 5.25. The average molecular weight is 316 g/mol. The molecule has 2 rings (SSSR count). The lowest BCUT2D eigenvalue weighted by molar-refractivity contribution is -0.140.